The second kappa shape index (κ2) is 4.66. The zero-order valence-corrected chi connectivity index (χ0v) is 11.8. The van der Waals surface area contributed by atoms with Crippen molar-refractivity contribution in [3.63, 3.8) is 0 Å². The van der Waals surface area contributed by atoms with E-state index in [2.05, 4.69) is 29.1 Å². The first kappa shape index (κ1) is 12.7. The molecule has 4 nitrogen and oxygen atoms in total. The zero-order chi connectivity index (χ0) is 13.5. The molecule has 2 fully saturated rings. The van der Waals surface area contributed by atoms with Gasteiger partial charge in [0.05, 0.1) is 0 Å². The number of hydrogen-bond acceptors (Lipinski definition) is 3. The van der Waals surface area contributed by atoms with E-state index in [0.717, 1.165) is 30.9 Å². The summed E-state index contributed by atoms with van der Waals surface area (Å²) in [7, 11) is 0. The Bertz CT molecular complexity index is 516. The molecule has 0 aliphatic heterocycles. The molecule has 0 radical (unpaired) electrons. The third kappa shape index (κ3) is 3.17. The highest BCUT2D eigenvalue weighted by molar-refractivity contribution is 5.35. The van der Waals surface area contributed by atoms with Gasteiger partial charge in [0.25, 0.3) is 5.56 Å². The van der Waals surface area contributed by atoms with E-state index < -0.39 is 0 Å². The molecule has 2 aliphatic rings. The van der Waals surface area contributed by atoms with Gasteiger partial charge in [-0.05, 0) is 37.5 Å². The van der Waals surface area contributed by atoms with E-state index in [4.69, 9.17) is 0 Å². The van der Waals surface area contributed by atoms with Crippen molar-refractivity contribution in [2.75, 3.05) is 5.32 Å². The van der Waals surface area contributed by atoms with Gasteiger partial charge >= 0.3 is 0 Å². The molecule has 19 heavy (non-hydrogen) atoms. The van der Waals surface area contributed by atoms with E-state index in [9.17, 15) is 4.79 Å². The quantitative estimate of drug-likeness (QED) is 0.879. The fraction of sp³-hybridized carbons (Fsp3) is 0.733. The number of anilines is 1. The van der Waals surface area contributed by atoms with E-state index >= 15 is 0 Å². The van der Waals surface area contributed by atoms with Gasteiger partial charge in [0.15, 0.2) is 0 Å². The number of nitrogens with one attached hydrogen (secondary N) is 2. The number of rotatable bonds is 3. The first-order valence-electron chi connectivity index (χ1n) is 7.40. The lowest BCUT2D eigenvalue weighted by molar-refractivity contribution is 0.229. The van der Waals surface area contributed by atoms with Crippen LogP contribution in [-0.2, 0) is 0 Å². The summed E-state index contributed by atoms with van der Waals surface area (Å²) in [4.78, 5) is 19.1. The standard InChI is InChI=1S/C15H23N3O/c1-15(2)7-3-4-11(9-15)16-12-8-13(19)18-14(17-12)10-5-6-10/h8,10-11H,3-7,9H2,1-2H3,(H2,16,17,18,19). The SMILES string of the molecule is CC1(C)CCCC(Nc2cc(=O)[nH]c(C3CC3)n2)C1. The largest absolute Gasteiger partial charge is 0.367 e. The maximum Gasteiger partial charge on any atom is 0.252 e. The second-order valence-corrected chi connectivity index (χ2v) is 6.89. The minimum absolute atomic E-state index is 0.0329. The normalized spacial score (nSPS) is 26.1. The minimum Gasteiger partial charge on any atom is -0.367 e. The van der Waals surface area contributed by atoms with Crippen molar-refractivity contribution in [1.82, 2.24) is 9.97 Å². The van der Waals surface area contributed by atoms with Gasteiger partial charge in [0.1, 0.15) is 11.6 Å². The molecular formula is C15H23N3O. The summed E-state index contributed by atoms with van der Waals surface area (Å²) in [5.74, 6) is 2.11. The van der Waals surface area contributed by atoms with Crippen molar-refractivity contribution in [2.24, 2.45) is 5.41 Å². The van der Waals surface area contributed by atoms with Crippen LogP contribution >= 0.6 is 0 Å². The van der Waals surface area contributed by atoms with Crippen LogP contribution in [0, 0.1) is 5.41 Å². The molecule has 2 saturated carbocycles. The van der Waals surface area contributed by atoms with E-state index in [1.807, 2.05) is 0 Å². The van der Waals surface area contributed by atoms with E-state index in [1.54, 1.807) is 6.07 Å². The maximum absolute atomic E-state index is 11.7. The molecule has 1 heterocycles. The van der Waals surface area contributed by atoms with Gasteiger partial charge in [-0.3, -0.25) is 4.79 Å². The number of hydrogen-bond donors (Lipinski definition) is 2. The molecule has 2 aliphatic carbocycles. The average molecular weight is 261 g/mol. The lowest BCUT2D eigenvalue weighted by Gasteiger charge is -2.35. The minimum atomic E-state index is -0.0329. The van der Waals surface area contributed by atoms with Crippen molar-refractivity contribution in [2.45, 2.75) is 64.3 Å². The number of aromatic nitrogens is 2. The molecular weight excluding hydrogens is 238 g/mol. The van der Waals surface area contributed by atoms with Gasteiger partial charge < -0.3 is 10.3 Å². The summed E-state index contributed by atoms with van der Waals surface area (Å²) in [5, 5.41) is 3.47. The molecule has 0 bridgehead atoms. The van der Waals surface area contributed by atoms with E-state index in [0.29, 0.717) is 17.4 Å². The van der Waals surface area contributed by atoms with Gasteiger partial charge in [-0.1, -0.05) is 20.3 Å². The van der Waals surface area contributed by atoms with Crippen molar-refractivity contribution in [1.29, 1.82) is 0 Å². The van der Waals surface area contributed by atoms with Crippen LogP contribution in [0.4, 0.5) is 5.82 Å². The first-order chi connectivity index (χ1) is 9.02. The first-order valence-corrected chi connectivity index (χ1v) is 7.40. The Morgan fingerprint density at radius 2 is 2.16 bits per heavy atom. The predicted octanol–water partition coefficient (Wildman–Crippen LogP) is 3.03. The van der Waals surface area contributed by atoms with Crippen LogP contribution in [0.25, 0.3) is 0 Å². The summed E-state index contributed by atoms with van der Waals surface area (Å²) >= 11 is 0. The molecule has 1 atom stereocenters. The molecule has 1 aromatic rings. The third-order valence-electron chi connectivity index (χ3n) is 4.28. The lowest BCUT2D eigenvalue weighted by Crippen LogP contribution is -2.32. The summed E-state index contributed by atoms with van der Waals surface area (Å²) in [6.07, 6.45) is 7.19. The predicted molar refractivity (Wildman–Crippen MR) is 76.5 cm³/mol. The Hall–Kier alpha value is -1.32. The van der Waals surface area contributed by atoms with Crippen molar-refractivity contribution >= 4 is 5.82 Å². The van der Waals surface area contributed by atoms with Crippen molar-refractivity contribution < 1.29 is 0 Å². The lowest BCUT2D eigenvalue weighted by atomic mass is 9.75. The van der Waals surface area contributed by atoms with Crippen LogP contribution in [0.3, 0.4) is 0 Å². The molecule has 0 amide bonds. The number of H-pyrrole nitrogens is 1. The van der Waals surface area contributed by atoms with Crippen LogP contribution in [0.2, 0.25) is 0 Å². The molecule has 1 unspecified atom stereocenters. The summed E-state index contributed by atoms with van der Waals surface area (Å²) in [6, 6.07) is 2.04. The summed E-state index contributed by atoms with van der Waals surface area (Å²) < 4.78 is 0. The van der Waals surface area contributed by atoms with Crippen LogP contribution in [0.15, 0.2) is 10.9 Å². The Morgan fingerprint density at radius 3 is 2.84 bits per heavy atom. The maximum atomic E-state index is 11.7. The van der Waals surface area contributed by atoms with Crippen LogP contribution in [0.5, 0.6) is 0 Å². The van der Waals surface area contributed by atoms with E-state index in [-0.39, 0.29) is 5.56 Å². The third-order valence-corrected chi connectivity index (χ3v) is 4.28. The molecule has 0 spiro atoms. The highest BCUT2D eigenvalue weighted by Gasteiger charge is 2.29. The van der Waals surface area contributed by atoms with Gasteiger partial charge in [-0.2, -0.15) is 0 Å². The fourth-order valence-electron chi connectivity index (χ4n) is 3.13. The average Bonchev–Trinajstić information content (AvgIpc) is 3.10. The Morgan fingerprint density at radius 1 is 1.37 bits per heavy atom. The molecule has 0 saturated heterocycles. The Balaban J connectivity index is 1.73. The highest BCUT2D eigenvalue weighted by Crippen LogP contribution is 2.38. The molecule has 4 heteroatoms. The van der Waals surface area contributed by atoms with Crippen LogP contribution < -0.4 is 10.9 Å². The smallest absolute Gasteiger partial charge is 0.252 e. The van der Waals surface area contributed by atoms with Crippen LogP contribution in [0.1, 0.15) is 64.1 Å². The fourth-order valence-corrected chi connectivity index (χ4v) is 3.13. The molecule has 3 rings (SSSR count). The van der Waals surface area contributed by atoms with Crippen LogP contribution in [-0.4, -0.2) is 16.0 Å². The number of nitrogens with zero attached hydrogens (tertiary/aromatic N) is 1. The monoisotopic (exact) mass is 261 g/mol. The van der Waals surface area contributed by atoms with Gasteiger partial charge in [0, 0.05) is 18.0 Å². The second-order valence-electron chi connectivity index (χ2n) is 6.89. The van der Waals surface area contributed by atoms with Crippen molar-refractivity contribution in [3.8, 4) is 0 Å². The molecule has 2 N–H and O–H groups in total. The van der Waals surface area contributed by atoms with Gasteiger partial charge in [-0.15, -0.1) is 0 Å². The number of aromatic amines is 1. The molecule has 1 aromatic heterocycles. The van der Waals surface area contributed by atoms with Crippen molar-refractivity contribution in [3.05, 3.63) is 22.2 Å². The Kier molecular flexibility index (Phi) is 3.11. The van der Waals surface area contributed by atoms with E-state index in [1.165, 1.54) is 19.3 Å². The zero-order valence-electron chi connectivity index (χ0n) is 11.8. The molecule has 104 valence electrons. The molecule has 0 aromatic carbocycles. The Labute approximate surface area is 114 Å². The van der Waals surface area contributed by atoms with Gasteiger partial charge in [-0.25, -0.2) is 4.98 Å². The highest BCUT2D eigenvalue weighted by atomic mass is 16.1. The summed E-state index contributed by atoms with van der Waals surface area (Å²) in [6.45, 7) is 4.64. The topological polar surface area (TPSA) is 57.8 Å². The van der Waals surface area contributed by atoms with Gasteiger partial charge in [0.2, 0.25) is 0 Å². The summed E-state index contributed by atoms with van der Waals surface area (Å²) in [5.41, 5.74) is 0.366.